The molecule has 1 aliphatic rings. The molecule has 1 atom stereocenters. The van der Waals surface area contributed by atoms with Crippen LogP contribution in [0.5, 0.6) is 5.75 Å². The lowest BCUT2D eigenvalue weighted by Gasteiger charge is -2.22. The molecule has 3 aromatic rings. The molecule has 0 fully saturated rings. The number of nitrogens with one attached hydrogen (secondary N) is 1. The molecule has 1 unspecified atom stereocenters. The van der Waals surface area contributed by atoms with Crippen molar-refractivity contribution in [2.45, 2.75) is 26.3 Å². The highest BCUT2D eigenvalue weighted by atomic mass is 16.5. The third kappa shape index (κ3) is 3.56. The van der Waals surface area contributed by atoms with Crippen LogP contribution in [0.3, 0.4) is 0 Å². The minimum absolute atomic E-state index is 0.0648. The Labute approximate surface area is 165 Å². The standard InChI is InChI=1S/C23H23N3O2/c1-3-28-20-11-8-18(9-12-20)25-19-10-13-21(24-15-19)23(27)26-16(2)14-17-6-4-5-7-22(17)26/h4-13,15-16,25H,3,14H2,1-2H3. The van der Waals surface area contributed by atoms with Crippen LogP contribution in [0.25, 0.3) is 0 Å². The maximum absolute atomic E-state index is 13.0. The van der Waals surface area contributed by atoms with Crippen LogP contribution in [-0.2, 0) is 6.42 Å². The van der Waals surface area contributed by atoms with Crippen molar-refractivity contribution in [3.05, 3.63) is 78.1 Å². The van der Waals surface area contributed by atoms with Crippen molar-refractivity contribution in [1.29, 1.82) is 0 Å². The zero-order chi connectivity index (χ0) is 19.5. The fourth-order valence-electron chi connectivity index (χ4n) is 3.56. The number of amides is 1. The van der Waals surface area contributed by atoms with Crippen molar-refractivity contribution in [2.24, 2.45) is 0 Å². The molecule has 1 N–H and O–H groups in total. The van der Waals surface area contributed by atoms with Crippen molar-refractivity contribution in [3.63, 3.8) is 0 Å². The van der Waals surface area contributed by atoms with Gasteiger partial charge in [0.2, 0.25) is 0 Å². The van der Waals surface area contributed by atoms with Gasteiger partial charge in [0.25, 0.3) is 5.91 Å². The Bertz CT molecular complexity index is 968. The van der Waals surface area contributed by atoms with E-state index in [0.717, 1.165) is 29.2 Å². The minimum atomic E-state index is -0.0648. The van der Waals surface area contributed by atoms with E-state index in [1.54, 1.807) is 12.3 Å². The molecule has 0 radical (unpaired) electrons. The highest BCUT2D eigenvalue weighted by Crippen LogP contribution is 2.33. The number of carbonyl (C=O) groups is 1. The van der Waals surface area contributed by atoms with Gasteiger partial charge < -0.3 is 15.0 Å². The Hall–Kier alpha value is -3.34. The monoisotopic (exact) mass is 373 g/mol. The summed E-state index contributed by atoms with van der Waals surface area (Å²) in [4.78, 5) is 19.3. The number of hydrogen-bond donors (Lipinski definition) is 1. The predicted octanol–water partition coefficient (Wildman–Crippen LogP) is 4.82. The largest absolute Gasteiger partial charge is 0.494 e. The van der Waals surface area contributed by atoms with E-state index in [0.29, 0.717) is 12.3 Å². The van der Waals surface area contributed by atoms with E-state index in [1.165, 1.54) is 5.56 Å². The molecule has 1 amide bonds. The summed E-state index contributed by atoms with van der Waals surface area (Å²) in [5.41, 5.74) is 4.40. The molecule has 142 valence electrons. The van der Waals surface area contributed by atoms with Gasteiger partial charge in [-0.05, 0) is 68.3 Å². The van der Waals surface area contributed by atoms with Crippen molar-refractivity contribution in [2.75, 3.05) is 16.8 Å². The second-order valence-electron chi connectivity index (χ2n) is 6.87. The molecule has 0 bridgehead atoms. The average Bonchev–Trinajstić information content (AvgIpc) is 3.05. The smallest absolute Gasteiger partial charge is 0.277 e. The first-order valence-corrected chi connectivity index (χ1v) is 9.53. The minimum Gasteiger partial charge on any atom is -0.494 e. The molecule has 1 aliphatic heterocycles. The van der Waals surface area contributed by atoms with Crippen molar-refractivity contribution in [3.8, 4) is 5.75 Å². The second-order valence-corrected chi connectivity index (χ2v) is 6.87. The van der Waals surface area contributed by atoms with Gasteiger partial charge in [0.15, 0.2) is 0 Å². The van der Waals surface area contributed by atoms with E-state index in [2.05, 4.69) is 23.3 Å². The molecule has 0 spiro atoms. The number of anilines is 3. The third-order valence-electron chi connectivity index (χ3n) is 4.86. The predicted molar refractivity (Wildman–Crippen MR) is 112 cm³/mol. The first-order valence-electron chi connectivity index (χ1n) is 9.53. The van der Waals surface area contributed by atoms with E-state index >= 15 is 0 Å². The lowest BCUT2D eigenvalue weighted by atomic mass is 10.1. The number of fused-ring (bicyclic) bond motifs is 1. The van der Waals surface area contributed by atoms with E-state index in [4.69, 9.17) is 4.74 Å². The molecule has 0 aliphatic carbocycles. The third-order valence-corrected chi connectivity index (χ3v) is 4.86. The Morgan fingerprint density at radius 2 is 1.86 bits per heavy atom. The quantitative estimate of drug-likeness (QED) is 0.697. The van der Waals surface area contributed by atoms with Crippen LogP contribution in [0.2, 0.25) is 0 Å². The molecule has 0 saturated carbocycles. The molecule has 5 nitrogen and oxygen atoms in total. The fraction of sp³-hybridized carbons (Fsp3) is 0.217. The van der Waals surface area contributed by atoms with Crippen LogP contribution >= 0.6 is 0 Å². The number of rotatable bonds is 5. The zero-order valence-electron chi connectivity index (χ0n) is 16.1. The summed E-state index contributed by atoms with van der Waals surface area (Å²) < 4.78 is 5.45. The fourth-order valence-corrected chi connectivity index (χ4v) is 3.56. The Kier molecular flexibility index (Phi) is 4.98. The summed E-state index contributed by atoms with van der Waals surface area (Å²) in [6.45, 7) is 4.67. The molecule has 1 aromatic heterocycles. The molecular formula is C23H23N3O2. The first kappa shape index (κ1) is 18.0. The highest BCUT2D eigenvalue weighted by molar-refractivity contribution is 6.06. The van der Waals surface area contributed by atoms with Gasteiger partial charge in [0.05, 0.1) is 18.5 Å². The van der Waals surface area contributed by atoms with Crippen molar-refractivity contribution >= 4 is 23.0 Å². The van der Waals surface area contributed by atoms with Crippen LogP contribution in [0.15, 0.2) is 66.9 Å². The van der Waals surface area contributed by atoms with Gasteiger partial charge in [0.1, 0.15) is 11.4 Å². The maximum Gasteiger partial charge on any atom is 0.277 e. The topological polar surface area (TPSA) is 54.5 Å². The zero-order valence-corrected chi connectivity index (χ0v) is 16.1. The van der Waals surface area contributed by atoms with Crippen LogP contribution in [0.1, 0.15) is 29.9 Å². The van der Waals surface area contributed by atoms with Gasteiger partial charge in [-0.1, -0.05) is 18.2 Å². The molecule has 28 heavy (non-hydrogen) atoms. The van der Waals surface area contributed by atoms with Crippen LogP contribution < -0.4 is 15.0 Å². The normalized spacial score (nSPS) is 15.2. The van der Waals surface area contributed by atoms with E-state index in [9.17, 15) is 4.79 Å². The van der Waals surface area contributed by atoms with E-state index in [-0.39, 0.29) is 11.9 Å². The maximum atomic E-state index is 13.0. The van der Waals surface area contributed by atoms with Gasteiger partial charge in [-0.2, -0.15) is 0 Å². The number of para-hydroxylation sites is 1. The second kappa shape index (κ2) is 7.72. The van der Waals surface area contributed by atoms with E-state index < -0.39 is 0 Å². The van der Waals surface area contributed by atoms with Crippen molar-refractivity contribution < 1.29 is 9.53 Å². The van der Waals surface area contributed by atoms with Crippen molar-refractivity contribution in [1.82, 2.24) is 4.98 Å². The number of benzene rings is 2. The summed E-state index contributed by atoms with van der Waals surface area (Å²) in [7, 11) is 0. The molecular weight excluding hydrogens is 350 g/mol. The van der Waals surface area contributed by atoms with Crippen LogP contribution in [0.4, 0.5) is 17.1 Å². The number of hydrogen-bond acceptors (Lipinski definition) is 4. The highest BCUT2D eigenvalue weighted by Gasteiger charge is 2.31. The van der Waals surface area contributed by atoms with Gasteiger partial charge in [-0.25, -0.2) is 4.98 Å². The first-order chi connectivity index (χ1) is 13.7. The number of pyridine rings is 1. The van der Waals surface area contributed by atoms with Crippen LogP contribution in [-0.4, -0.2) is 23.5 Å². The summed E-state index contributed by atoms with van der Waals surface area (Å²) >= 11 is 0. The van der Waals surface area contributed by atoms with Crippen LogP contribution in [0, 0.1) is 0 Å². The number of aromatic nitrogens is 1. The summed E-state index contributed by atoms with van der Waals surface area (Å²) in [5, 5.41) is 3.29. The molecule has 5 heteroatoms. The lowest BCUT2D eigenvalue weighted by molar-refractivity contribution is 0.0976. The lowest BCUT2D eigenvalue weighted by Crippen LogP contribution is -2.36. The van der Waals surface area contributed by atoms with Gasteiger partial charge in [-0.15, -0.1) is 0 Å². The summed E-state index contributed by atoms with van der Waals surface area (Å²) in [6.07, 6.45) is 2.57. The summed E-state index contributed by atoms with van der Waals surface area (Å²) in [5.74, 6) is 0.775. The van der Waals surface area contributed by atoms with Gasteiger partial charge >= 0.3 is 0 Å². The number of ether oxygens (including phenoxy) is 1. The number of nitrogens with zero attached hydrogens (tertiary/aromatic N) is 2. The Balaban J connectivity index is 1.48. The summed E-state index contributed by atoms with van der Waals surface area (Å²) in [6, 6.07) is 19.6. The Morgan fingerprint density at radius 3 is 2.57 bits per heavy atom. The van der Waals surface area contributed by atoms with E-state index in [1.807, 2.05) is 60.4 Å². The molecule has 0 saturated heterocycles. The number of carbonyl (C=O) groups excluding carboxylic acids is 1. The molecule has 2 heterocycles. The molecule has 4 rings (SSSR count). The average molecular weight is 373 g/mol. The van der Waals surface area contributed by atoms with Gasteiger partial charge in [-0.3, -0.25) is 4.79 Å². The molecule has 2 aromatic carbocycles. The Morgan fingerprint density at radius 1 is 1.11 bits per heavy atom. The van der Waals surface area contributed by atoms with Gasteiger partial charge in [0, 0.05) is 17.4 Å². The SMILES string of the molecule is CCOc1ccc(Nc2ccc(C(=O)N3c4ccccc4CC3C)nc2)cc1.